The van der Waals surface area contributed by atoms with E-state index < -0.39 is 5.60 Å². The zero-order chi connectivity index (χ0) is 17.3. The molecular formula is C21H28O3. The smallest absolute Gasteiger partial charge is 0.161 e. The van der Waals surface area contributed by atoms with Crippen LogP contribution in [0.5, 0.6) is 0 Å². The molecule has 4 aliphatic rings. The van der Waals surface area contributed by atoms with Gasteiger partial charge in [-0.15, -0.1) is 0 Å². The third-order valence-electron chi connectivity index (χ3n) is 8.25. The Morgan fingerprint density at radius 3 is 2.58 bits per heavy atom. The Morgan fingerprint density at radius 2 is 1.88 bits per heavy atom. The number of fused-ring (bicyclic) bond motifs is 5. The molecule has 0 aromatic rings. The maximum Gasteiger partial charge on any atom is 0.161 e. The fraction of sp³-hybridized carbons (Fsp3) is 0.714. The van der Waals surface area contributed by atoms with Gasteiger partial charge in [0.2, 0.25) is 0 Å². The predicted molar refractivity (Wildman–Crippen MR) is 92.2 cm³/mol. The van der Waals surface area contributed by atoms with Crippen LogP contribution in [0, 0.1) is 28.6 Å². The number of carbonyl (C=O) groups excluding carboxylic acids is 2. The van der Waals surface area contributed by atoms with Gasteiger partial charge >= 0.3 is 0 Å². The van der Waals surface area contributed by atoms with Crippen LogP contribution in [-0.4, -0.2) is 22.3 Å². The van der Waals surface area contributed by atoms with Crippen LogP contribution in [0.25, 0.3) is 0 Å². The topological polar surface area (TPSA) is 54.4 Å². The zero-order valence-corrected chi connectivity index (χ0v) is 15.0. The Labute approximate surface area is 144 Å². The molecule has 130 valence electrons. The van der Waals surface area contributed by atoms with E-state index in [0.29, 0.717) is 30.6 Å². The van der Waals surface area contributed by atoms with Crippen LogP contribution in [0.1, 0.15) is 59.3 Å². The second kappa shape index (κ2) is 4.91. The highest BCUT2D eigenvalue weighted by atomic mass is 16.3. The fourth-order valence-electron chi connectivity index (χ4n) is 6.59. The van der Waals surface area contributed by atoms with Gasteiger partial charge in [-0.25, -0.2) is 0 Å². The van der Waals surface area contributed by atoms with Crippen LogP contribution in [0.4, 0.5) is 0 Å². The van der Waals surface area contributed by atoms with Crippen molar-refractivity contribution in [2.24, 2.45) is 28.6 Å². The predicted octanol–water partition coefficient (Wildman–Crippen LogP) is 3.61. The van der Waals surface area contributed by atoms with Crippen molar-refractivity contribution < 1.29 is 14.7 Å². The first-order valence-corrected chi connectivity index (χ1v) is 9.39. The summed E-state index contributed by atoms with van der Waals surface area (Å²) in [6.07, 6.45) is 11.3. The lowest BCUT2D eigenvalue weighted by Crippen LogP contribution is -2.56. The Kier molecular flexibility index (Phi) is 3.32. The zero-order valence-electron chi connectivity index (χ0n) is 15.0. The standard InChI is InChI=1S/C21H28O3/c1-13(22)21(24)11-8-18-16-5-4-14-12-15(23)6-9-19(14,2)17(16)7-10-20(18,21)3/h4-5,12,16-18,24H,6-11H2,1-3H3/t16?,17?,18?,19-,20-,21-/m0/s1. The number of ketones is 2. The van der Waals surface area contributed by atoms with Crippen LogP contribution >= 0.6 is 0 Å². The first-order valence-electron chi connectivity index (χ1n) is 9.39. The number of rotatable bonds is 1. The third-order valence-corrected chi connectivity index (χ3v) is 8.25. The molecule has 4 rings (SSSR count). The average Bonchev–Trinajstić information content (AvgIpc) is 2.81. The van der Waals surface area contributed by atoms with E-state index in [4.69, 9.17) is 0 Å². The summed E-state index contributed by atoms with van der Waals surface area (Å²) in [5.41, 5.74) is -0.197. The first kappa shape index (κ1) is 16.3. The molecular weight excluding hydrogens is 300 g/mol. The lowest BCUT2D eigenvalue weighted by molar-refractivity contribution is -0.156. The van der Waals surface area contributed by atoms with Crippen LogP contribution in [0.15, 0.2) is 23.8 Å². The van der Waals surface area contributed by atoms with Gasteiger partial charge in [0.1, 0.15) is 5.60 Å². The van der Waals surface area contributed by atoms with Crippen molar-refractivity contribution in [3.63, 3.8) is 0 Å². The minimum absolute atomic E-state index is 0.0687. The maximum absolute atomic E-state index is 12.2. The molecule has 1 N–H and O–H groups in total. The average molecular weight is 328 g/mol. The molecule has 3 heteroatoms. The summed E-state index contributed by atoms with van der Waals surface area (Å²) in [5, 5.41) is 11.1. The molecule has 0 spiro atoms. The van der Waals surface area contributed by atoms with Crippen molar-refractivity contribution in [2.45, 2.75) is 64.9 Å². The second-order valence-electron chi connectivity index (χ2n) is 9.04. The Balaban J connectivity index is 1.75. The minimum atomic E-state index is -1.16. The molecule has 2 fully saturated rings. The third kappa shape index (κ3) is 1.82. The Morgan fingerprint density at radius 1 is 1.17 bits per heavy atom. The molecule has 3 nitrogen and oxygen atoms in total. The van der Waals surface area contributed by atoms with E-state index in [0.717, 1.165) is 25.7 Å². The Hall–Kier alpha value is -1.22. The van der Waals surface area contributed by atoms with Crippen molar-refractivity contribution in [1.29, 1.82) is 0 Å². The summed E-state index contributed by atoms with van der Waals surface area (Å²) in [6, 6.07) is 0. The quantitative estimate of drug-likeness (QED) is 0.800. The normalized spacial score (nSPS) is 49.9. The van der Waals surface area contributed by atoms with Gasteiger partial charge in [0.05, 0.1) is 0 Å². The van der Waals surface area contributed by atoms with Crippen molar-refractivity contribution in [3.05, 3.63) is 23.8 Å². The number of carbonyl (C=O) groups is 2. The summed E-state index contributed by atoms with van der Waals surface area (Å²) < 4.78 is 0. The second-order valence-corrected chi connectivity index (χ2v) is 9.04. The van der Waals surface area contributed by atoms with Crippen molar-refractivity contribution in [3.8, 4) is 0 Å². The molecule has 0 saturated heterocycles. The molecule has 0 amide bonds. The number of hydrogen-bond acceptors (Lipinski definition) is 3. The largest absolute Gasteiger partial charge is 0.382 e. The fourth-order valence-corrected chi connectivity index (χ4v) is 6.59. The highest BCUT2D eigenvalue weighted by Crippen LogP contribution is 2.66. The number of aliphatic hydroxyl groups is 1. The van der Waals surface area contributed by atoms with Gasteiger partial charge in [-0.05, 0) is 73.8 Å². The van der Waals surface area contributed by atoms with Crippen molar-refractivity contribution in [1.82, 2.24) is 0 Å². The van der Waals surface area contributed by atoms with Gasteiger partial charge in [-0.2, -0.15) is 0 Å². The van der Waals surface area contributed by atoms with Gasteiger partial charge in [0.15, 0.2) is 11.6 Å². The summed E-state index contributed by atoms with van der Waals surface area (Å²) in [5.74, 6) is 1.47. The van der Waals surface area contributed by atoms with E-state index in [1.54, 1.807) is 6.92 Å². The minimum Gasteiger partial charge on any atom is -0.382 e. The monoisotopic (exact) mass is 328 g/mol. The Bertz CT molecular complexity index is 675. The van der Waals surface area contributed by atoms with Gasteiger partial charge in [-0.3, -0.25) is 9.59 Å². The maximum atomic E-state index is 12.2. The molecule has 0 aromatic heterocycles. The van der Waals surface area contributed by atoms with Gasteiger partial charge < -0.3 is 5.11 Å². The SMILES string of the molecule is CC(=O)[C@@]1(O)CCC2C3C=CC4=CC(=O)CC[C@]4(C)C3CC[C@@]21C. The lowest BCUT2D eigenvalue weighted by Gasteiger charge is -2.56. The van der Waals surface area contributed by atoms with E-state index in [1.807, 2.05) is 6.08 Å². The van der Waals surface area contributed by atoms with Crippen molar-refractivity contribution in [2.75, 3.05) is 0 Å². The van der Waals surface area contributed by atoms with Gasteiger partial charge in [-0.1, -0.05) is 26.0 Å². The molecule has 24 heavy (non-hydrogen) atoms. The molecule has 0 aromatic carbocycles. The summed E-state index contributed by atoms with van der Waals surface area (Å²) >= 11 is 0. The number of Topliss-reactive ketones (excluding diaryl/α,β-unsaturated/α-hetero) is 1. The summed E-state index contributed by atoms with van der Waals surface area (Å²) in [7, 11) is 0. The van der Waals surface area contributed by atoms with E-state index >= 15 is 0 Å². The van der Waals surface area contributed by atoms with Crippen LogP contribution in [0.2, 0.25) is 0 Å². The first-order chi connectivity index (χ1) is 11.2. The molecule has 0 radical (unpaired) electrons. The molecule has 3 unspecified atom stereocenters. The summed E-state index contributed by atoms with van der Waals surface area (Å²) in [6.45, 7) is 6.00. The number of hydrogen-bond donors (Lipinski definition) is 1. The summed E-state index contributed by atoms with van der Waals surface area (Å²) in [4.78, 5) is 24.0. The molecule has 6 atom stereocenters. The van der Waals surface area contributed by atoms with E-state index in [-0.39, 0.29) is 22.4 Å². The molecule has 0 heterocycles. The van der Waals surface area contributed by atoms with Crippen molar-refractivity contribution >= 4 is 11.6 Å². The number of allylic oxidation sites excluding steroid dienone is 4. The van der Waals surface area contributed by atoms with E-state index in [2.05, 4.69) is 26.0 Å². The molecule has 4 aliphatic carbocycles. The highest BCUT2D eigenvalue weighted by molar-refractivity contribution is 5.92. The molecule has 2 saturated carbocycles. The molecule has 0 bridgehead atoms. The van der Waals surface area contributed by atoms with Gasteiger partial charge in [0, 0.05) is 11.8 Å². The highest BCUT2D eigenvalue weighted by Gasteiger charge is 2.64. The molecule has 0 aliphatic heterocycles. The van der Waals surface area contributed by atoms with Crippen LogP contribution in [0.3, 0.4) is 0 Å². The van der Waals surface area contributed by atoms with Crippen LogP contribution in [-0.2, 0) is 9.59 Å². The van der Waals surface area contributed by atoms with E-state index in [9.17, 15) is 14.7 Å². The lowest BCUT2D eigenvalue weighted by atomic mass is 9.48. The van der Waals surface area contributed by atoms with Gasteiger partial charge in [0.25, 0.3) is 0 Å². The van der Waals surface area contributed by atoms with Crippen LogP contribution < -0.4 is 0 Å². The van der Waals surface area contributed by atoms with E-state index in [1.165, 1.54) is 5.57 Å².